The van der Waals surface area contributed by atoms with E-state index in [1.165, 1.54) is 16.5 Å². The van der Waals surface area contributed by atoms with Crippen molar-refractivity contribution in [1.29, 1.82) is 0 Å². The molecule has 3 heteroatoms. The molecule has 1 N–H and O–H groups in total. The number of nitrogens with one attached hydrogen (secondary N) is 1. The Morgan fingerprint density at radius 3 is 2.60 bits per heavy atom. The maximum atomic E-state index is 4.54. The Bertz CT molecular complexity index is 689. The fourth-order valence-electron chi connectivity index (χ4n) is 2.53. The van der Waals surface area contributed by atoms with Gasteiger partial charge in [-0.3, -0.25) is 9.97 Å². The number of rotatable bonds is 4. The number of fused-ring (bicyclic) bond motifs is 1. The van der Waals surface area contributed by atoms with Crippen LogP contribution in [0.2, 0.25) is 0 Å². The number of benzene rings is 1. The molecule has 0 bridgehead atoms. The van der Waals surface area contributed by atoms with E-state index in [0.717, 1.165) is 11.9 Å². The van der Waals surface area contributed by atoms with E-state index in [9.17, 15) is 0 Å². The van der Waals surface area contributed by atoms with Gasteiger partial charge in [0, 0.05) is 30.0 Å². The summed E-state index contributed by atoms with van der Waals surface area (Å²) in [6.45, 7) is 0. The Hall–Kier alpha value is -2.26. The minimum Gasteiger partial charge on any atom is -0.313 e. The van der Waals surface area contributed by atoms with Crippen molar-refractivity contribution < 1.29 is 0 Å². The van der Waals surface area contributed by atoms with Gasteiger partial charge in [-0.05, 0) is 42.8 Å². The maximum absolute atomic E-state index is 4.54. The van der Waals surface area contributed by atoms with Crippen LogP contribution >= 0.6 is 0 Å². The maximum Gasteiger partial charge on any atom is 0.0749 e. The zero-order valence-corrected chi connectivity index (χ0v) is 11.5. The summed E-state index contributed by atoms with van der Waals surface area (Å²) in [4.78, 5) is 8.61. The van der Waals surface area contributed by atoms with Gasteiger partial charge in [-0.2, -0.15) is 0 Å². The van der Waals surface area contributed by atoms with Crippen molar-refractivity contribution in [3.63, 3.8) is 0 Å². The van der Waals surface area contributed by atoms with Gasteiger partial charge in [0.1, 0.15) is 0 Å². The summed E-state index contributed by atoms with van der Waals surface area (Å²) in [7, 11) is 1.99. The van der Waals surface area contributed by atoms with Gasteiger partial charge >= 0.3 is 0 Å². The summed E-state index contributed by atoms with van der Waals surface area (Å²) in [5.41, 5.74) is 3.58. The fourth-order valence-corrected chi connectivity index (χ4v) is 2.53. The molecule has 3 aromatic rings. The van der Waals surface area contributed by atoms with E-state index in [2.05, 4.69) is 51.7 Å². The minimum absolute atomic E-state index is 0.246. The lowest BCUT2D eigenvalue weighted by molar-refractivity contribution is 0.595. The fraction of sp³-hybridized carbons (Fsp3) is 0.176. The lowest BCUT2D eigenvalue weighted by atomic mass is 9.97. The Labute approximate surface area is 118 Å². The summed E-state index contributed by atoms with van der Waals surface area (Å²) >= 11 is 0. The SMILES string of the molecule is CNC(Cc1ccncc1)c1cccc2cccnc12. The highest BCUT2D eigenvalue weighted by molar-refractivity contribution is 5.82. The van der Waals surface area contributed by atoms with Crippen molar-refractivity contribution in [2.75, 3.05) is 7.05 Å². The Balaban J connectivity index is 1.99. The van der Waals surface area contributed by atoms with Crippen LogP contribution in [0.25, 0.3) is 10.9 Å². The molecule has 20 heavy (non-hydrogen) atoms. The minimum atomic E-state index is 0.246. The van der Waals surface area contributed by atoms with Crippen LogP contribution in [0.4, 0.5) is 0 Å². The standard InChI is InChI=1S/C17H17N3/c1-18-16(12-13-7-10-19-11-8-13)15-6-2-4-14-5-3-9-20-17(14)15/h2-11,16,18H,12H2,1H3. The van der Waals surface area contributed by atoms with Gasteiger partial charge < -0.3 is 5.32 Å². The van der Waals surface area contributed by atoms with Crippen LogP contribution in [0, 0.1) is 0 Å². The lowest BCUT2D eigenvalue weighted by Crippen LogP contribution is -2.19. The van der Waals surface area contributed by atoms with Crippen LogP contribution < -0.4 is 5.32 Å². The highest BCUT2D eigenvalue weighted by atomic mass is 14.9. The summed E-state index contributed by atoms with van der Waals surface area (Å²) in [6.07, 6.45) is 6.45. The quantitative estimate of drug-likeness (QED) is 0.786. The summed E-state index contributed by atoms with van der Waals surface area (Å²) in [5, 5.41) is 4.58. The van der Waals surface area contributed by atoms with Crippen LogP contribution in [-0.2, 0) is 6.42 Å². The molecule has 0 aliphatic rings. The number of likely N-dealkylation sites (N-methyl/N-ethyl adjacent to an activating group) is 1. The third-order valence-corrected chi connectivity index (χ3v) is 3.58. The van der Waals surface area contributed by atoms with Gasteiger partial charge in [0.2, 0.25) is 0 Å². The van der Waals surface area contributed by atoms with E-state index in [1.807, 2.05) is 31.7 Å². The summed E-state index contributed by atoms with van der Waals surface area (Å²) < 4.78 is 0. The molecule has 0 aliphatic heterocycles. The Morgan fingerprint density at radius 1 is 1.00 bits per heavy atom. The molecule has 0 fully saturated rings. The summed E-state index contributed by atoms with van der Waals surface area (Å²) in [6, 6.07) is 14.8. The second-order valence-electron chi connectivity index (χ2n) is 4.82. The zero-order chi connectivity index (χ0) is 13.8. The van der Waals surface area contributed by atoms with Crippen molar-refractivity contribution in [3.8, 4) is 0 Å². The molecule has 0 spiro atoms. The van der Waals surface area contributed by atoms with E-state index in [4.69, 9.17) is 0 Å². The van der Waals surface area contributed by atoms with Crippen LogP contribution in [0.5, 0.6) is 0 Å². The normalized spacial score (nSPS) is 12.4. The number of para-hydroxylation sites is 1. The second-order valence-corrected chi connectivity index (χ2v) is 4.82. The zero-order valence-electron chi connectivity index (χ0n) is 11.5. The monoisotopic (exact) mass is 263 g/mol. The predicted molar refractivity (Wildman–Crippen MR) is 81.5 cm³/mol. The van der Waals surface area contributed by atoms with Crippen LogP contribution in [-0.4, -0.2) is 17.0 Å². The number of hydrogen-bond donors (Lipinski definition) is 1. The first-order chi connectivity index (χ1) is 9.88. The molecule has 100 valence electrons. The van der Waals surface area contributed by atoms with Gasteiger partial charge in [0.15, 0.2) is 0 Å². The van der Waals surface area contributed by atoms with Gasteiger partial charge in [-0.25, -0.2) is 0 Å². The molecule has 1 unspecified atom stereocenters. The molecule has 2 aromatic heterocycles. The highest BCUT2D eigenvalue weighted by Crippen LogP contribution is 2.24. The predicted octanol–water partition coefficient (Wildman–Crippen LogP) is 3.13. The molecular formula is C17H17N3. The van der Waals surface area contributed by atoms with Crippen molar-refractivity contribution in [2.24, 2.45) is 0 Å². The smallest absolute Gasteiger partial charge is 0.0749 e. The molecule has 3 rings (SSSR count). The molecule has 3 nitrogen and oxygen atoms in total. The van der Waals surface area contributed by atoms with Gasteiger partial charge in [0.05, 0.1) is 5.52 Å². The van der Waals surface area contributed by atoms with Crippen LogP contribution in [0.15, 0.2) is 61.1 Å². The van der Waals surface area contributed by atoms with Crippen molar-refractivity contribution in [1.82, 2.24) is 15.3 Å². The average molecular weight is 263 g/mol. The molecule has 1 atom stereocenters. The molecule has 1 aromatic carbocycles. The first-order valence-corrected chi connectivity index (χ1v) is 6.78. The van der Waals surface area contributed by atoms with Crippen LogP contribution in [0.3, 0.4) is 0 Å². The number of pyridine rings is 2. The van der Waals surface area contributed by atoms with E-state index < -0.39 is 0 Å². The molecule has 0 saturated heterocycles. The van der Waals surface area contributed by atoms with Gasteiger partial charge in [-0.1, -0.05) is 24.3 Å². The Morgan fingerprint density at radius 2 is 1.80 bits per heavy atom. The molecule has 2 heterocycles. The lowest BCUT2D eigenvalue weighted by Gasteiger charge is -2.18. The highest BCUT2D eigenvalue weighted by Gasteiger charge is 2.13. The van der Waals surface area contributed by atoms with Crippen molar-refractivity contribution >= 4 is 10.9 Å². The number of aromatic nitrogens is 2. The molecular weight excluding hydrogens is 246 g/mol. The van der Waals surface area contributed by atoms with Crippen LogP contribution in [0.1, 0.15) is 17.2 Å². The third-order valence-electron chi connectivity index (χ3n) is 3.58. The molecule has 0 radical (unpaired) electrons. The number of hydrogen-bond acceptors (Lipinski definition) is 3. The van der Waals surface area contributed by atoms with E-state index >= 15 is 0 Å². The van der Waals surface area contributed by atoms with E-state index in [1.54, 1.807) is 0 Å². The first-order valence-electron chi connectivity index (χ1n) is 6.78. The average Bonchev–Trinajstić information content (AvgIpc) is 2.53. The molecule has 0 amide bonds. The molecule has 0 saturated carbocycles. The molecule has 0 aliphatic carbocycles. The van der Waals surface area contributed by atoms with Crippen molar-refractivity contribution in [3.05, 3.63) is 72.2 Å². The van der Waals surface area contributed by atoms with Gasteiger partial charge in [0.25, 0.3) is 0 Å². The summed E-state index contributed by atoms with van der Waals surface area (Å²) in [5.74, 6) is 0. The third kappa shape index (κ3) is 2.53. The topological polar surface area (TPSA) is 37.8 Å². The van der Waals surface area contributed by atoms with Crippen molar-refractivity contribution in [2.45, 2.75) is 12.5 Å². The number of nitrogens with zero attached hydrogens (tertiary/aromatic N) is 2. The first kappa shape index (κ1) is 12.8. The van der Waals surface area contributed by atoms with Gasteiger partial charge in [-0.15, -0.1) is 0 Å². The van der Waals surface area contributed by atoms with E-state index in [-0.39, 0.29) is 6.04 Å². The second kappa shape index (κ2) is 5.80. The Kier molecular flexibility index (Phi) is 3.70. The van der Waals surface area contributed by atoms with E-state index in [0.29, 0.717) is 0 Å². The largest absolute Gasteiger partial charge is 0.313 e.